The standard InChI is InChI=1S/C15H11F4N3O2S/c1-24-13-11(18)9(16)8(10(17)12(13)19)14(23)20-15(25)22-21-7-5-3-2-4-6-7/h2-6,21H,1H3,(H2,20,22,23,25). The number of para-hydroxylation sites is 1. The summed E-state index contributed by atoms with van der Waals surface area (Å²) < 4.78 is 59.2. The zero-order valence-electron chi connectivity index (χ0n) is 12.6. The molecule has 25 heavy (non-hydrogen) atoms. The van der Waals surface area contributed by atoms with Gasteiger partial charge in [-0.15, -0.1) is 0 Å². The molecular weight excluding hydrogens is 362 g/mol. The number of carbonyl (C=O) groups is 1. The number of hydrazine groups is 1. The summed E-state index contributed by atoms with van der Waals surface area (Å²) in [7, 11) is 0.828. The molecule has 0 aliphatic rings. The van der Waals surface area contributed by atoms with Crippen LogP contribution in [0.2, 0.25) is 0 Å². The van der Waals surface area contributed by atoms with Gasteiger partial charge in [0.25, 0.3) is 5.91 Å². The summed E-state index contributed by atoms with van der Waals surface area (Å²) in [5.41, 5.74) is 4.12. The number of anilines is 1. The number of amides is 1. The Bertz CT molecular complexity index is 789. The van der Waals surface area contributed by atoms with Crippen molar-refractivity contribution in [2.75, 3.05) is 12.5 Å². The Morgan fingerprint density at radius 2 is 1.56 bits per heavy atom. The van der Waals surface area contributed by atoms with Crippen molar-refractivity contribution in [3.63, 3.8) is 0 Å². The van der Waals surface area contributed by atoms with Crippen molar-refractivity contribution < 1.29 is 27.1 Å². The van der Waals surface area contributed by atoms with Gasteiger partial charge in [-0.25, -0.2) is 8.78 Å². The Kier molecular flexibility index (Phi) is 5.75. The summed E-state index contributed by atoms with van der Waals surface area (Å²) in [5.74, 6) is -10.2. The number of ether oxygens (including phenoxy) is 1. The highest BCUT2D eigenvalue weighted by Crippen LogP contribution is 2.29. The van der Waals surface area contributed by atoms with Gasteiger partial charge >= 0.3 is 0 Å². The highest BCUT2D eigenvalue weighted by atomic mass is 32.1. The molecule has 0 saturated heterocycles. The summed E-state index contributed by atoms with van der Waals surface area (Å²) in [6.07, 6.45) is 0. The minimum atomic E-state index is -1.90. The average molecular weight is 373 g/mol. The highest BCUT2D eigenvalue weighted by molar-refractivity contribution is 7.80. The predicted octanol–water partition coefficient (Wildman–Crippen LogP) is 2.88. The van der Waals surface area contributed by atoms with Crippen molar-refractivity contribution in [1.82, 2.24) is 10.7 Å². The van der Waals surface area contributed by atoms with Crippen molar-refractivity contribution in [2.24, 2.45) is 0 Å². The molecular formula is C15H11F4N3O2S. The van der Waals surface area contributed by atoms with E-state index < -0.39 is 40.5 Å². The zero-order chi connectivity index (χ0) is 18.6. The number of hydrogen-bond acceptors (Lipinski definition) is 4. The first-order valence-electron chi connectivity index (χ1n) is 6.69. The van der Waals surface area contributed by atoms with E-state index in [9.17, 15) is 22.4 Å². The van der Waals surface area contributed by atoms with Crippen LogP contribution in [0.5, 0.6) is 5.75 Å². The first kappa shape index (κ1) is 18.5. The van der Waals surface area contributed by atoms with Crippen LogP contribution in [-0.2, 0) is 0 Å². The molecule has 2 rings (SSSR count). The summed E-state index contributed by atoms with van der Waals surface area (Å²) >= 11 is 4.77. The number of rotatable bonds is 4. The Morgan fingerprint density at radius 1 is 1.00 bits per heavy atom. The molecule has 0 aromatic heterocycles. The average Bonchev–Trinajstić information content (AvgIpc) is 2.60. The summed E-state index contributed by atoms with van der Waals surface area (Å²) in [6, 6.07) is 8.55. The van der Waals surface area contributed by atoms with Gasteiger partial charge in [0.15, 0.2) is 22.5 Å². The molecule has 0 aliphatic carbocycles. The molecule has 1 amide bonds. The van der Waals surface area contributed by atoms with Crippen LogP contribution < -0.4 is 20.9 Å². The third-order valence-corrected chi connectivity index (χ3v) is 3.18. The summed E-state index contributed by atoms with van der Waals surface area (Å²) in [5, 5.41) is 1.53. The lowest BCUT2D eigenvalue weighted by Crippen LogP contribution is -2.42. The molecule has 0 aliphatic heterocycles. The molecule has 0 radical (unpaired) electrons. The second-order valence-electron chi connectivity index (χ2n) is 4.56. The van der Waals surface area contributed by atoms with Crippen LogP contribution >= 0.6 is 12.2 Å². The fraction of sp³-hybridized carbons (Fsp3) is 0.0667. The summed E-state index contributed by atoms with van der Waals surface area (Å²) in [6.45, 7) is 0. The number of carbonyl (C=O) groups excluding carboxylic acids is 1. The van der Waals surface area contributed by atoms with Gasteiger partial charge in [-0.1, -0.05) is 18.2 Å². The number of thiocarbonyl (C=S) groups is 1. The van der Waals surface area contributed by atoms with Gasteiger partial charge in [-0.05, 0) is 24.4 Å². The van der Waals surface area contributed by atoms with E-state index in [-0.39, 0.29) is 5.11 Å². The molecule has 0 atom stereocenters. The second-order valence-corrected chi connectivity index (χ2v) is 4.97. The highest BCUT2D eigenvalue weighted by Gasteiger charge is 2.30. The Balaban J connectivity index is 2.14. The van der Waals surface area contributed by atoms with Gasteiger partial charge in [0.2, 0.25) is 11.6 Å². The largest absolute Gasteiger partial charge is 0.491 e. The molecule has 3 N–H and O–H groups in total. The first-order valence-corrected chi connectivity index (χ1v) is 7.10. The predicted molar refractivity (Wildman–Crippen MR) is 86.1 cm³/mol. The third-order valence-electron chi connectivity index (χ3n) is 2.98. The van der Waals surface area contributed by atoms with Crippen molar-refractivity contribution in [1.29, 1.82) is 0 Å². The van der Waals surface area contributed by atoms with E-state index in [4.69, 9.17) is 12.2 Å². The number of methoxy groups -OCH3 is 1. The molecule has 0 spiro atoms. The van der Waals surface area contributed by atoms with E-state index in [0.717, 1.165) is 7.11 Å². The second kappa shape index (κ2) is 7.79. The maximum Gasteiger partial charge on any atom is 0.263 e. The van der Waals surface area contributed by atoms with Gasteiger partial charge in [0, 0.05) is 0 Å². The quantitative estimate of drug-likeness (QED) is 0.333. The lowest BCUT2D eigenvalue weighted by atomic mass is 10.1. The van der Waals surface area contributed by atoms with E-state index >= 15 is 0 Å². The molecule has 5 nitrogen and oxygen atoms in total. The van der Waals surface area contributed by atoms with Crippen molar-refractivity contribution in [2.45, 2.75) is 0 Å². The van der Waals surface area contributed by atoms with E-state index in [0.29, 0.717) is 5.69 Å². The van der Waals surface area contributed by atoms with Crippen LogP contribution in [0.25, 0.3) is 0 Å². The van der Waals surface area contributed by atoms with Crippen LogP contribution in [0.1, 0.15) is 10.4 Å². The third kappa shape index (κ3) is 3.97. The molecule has 0 saturated carbocycles. The van der Waals surface area contributed by atoms with Gasteiger partial charge in [-0.2, -0.15) is 8.78 Å². The minimum Gasteiger partial charge on any atom is -0.491 e. The molecule has 10 heteroatoms. The van der Waals surface area contributed by atoms with E-state index in [1.807, 2.05) is 5.32 Å². The van der Waals surface area contributed by atoms with Gasteiger partial charge < -0.3 is 4.74 Å². The topological polar surface area (TPSA) is 62.4 Å². The Labute approximate surface area is 144 Å². The smallest absolute Gasteiger partial charge is 0.263 e. The molecule has 0 heterocycles. The van der Waals surface area contributed by atoms with Crippen LogP contribution in [0.3, 0.4) is 0 Å². The molecule has 2 aromatic rings. The lowest BCUT2D eigenvalue weighted by molar-refractivity contribution is 0.0965. The maximum absolute atomic E-state index is 13.8. The number of hydrogen-bond donors (Lipinski definition) is 3. The van der Waals surface area contributed by atoms with Crippen LogP contribution in [0.4, 0.5) is 23.2 Å². The van der Waals surface area contributed by atoms with Gasteiger partial charge in [0.1, 0.15) is 5.56 Å². The number of benzene rings is 2. The van der Waals surface area contributed by atoms with Crippen LogP contribution in [-0.4, -0.2) is 18.1 Å². The first-order chi connectivity index (χ1) is 11.9. The van der Waals surface area contributed by atoms with Crippen molar-refractivity contribution >= 4 is 28.9 Å². The fourth-order valence-electron chi connectivity index (χ4n) is 1.84. The Hall–Kier alpha value is -2.88. The number of nitrogens with one attached hydrogen (secondary N) is 3. The summed E-state index contributed by atoms with van der Waals surface area (Å²) in [4.78, 5) is 11.9. The minimum absolute atomic E-state index is 0.371. The Morgan fingerprint density at radius 3 is 2.08 bits per heavy atom. The fourth-order valence-corrected chi connectivity index (χ4v) is 1.98. The van der Waals surface area contributed by atoms with Gasteiger partial charge in [-0.3, -0.25) is 21.0 Å². The normalized spacial score (nSPS) is 10.1. The molecule has 132 valence electrons. The zero-order valence-corrected chi connectivity index (χ0v) is 13.4. The van der Waals surface area contributed by atoms with Crippen molar-refractivity contribution in [3.8, 4) is 5.75 Å². The maximum atomic E-state index is 13.8. The van der Waals surface area contributed by atoms with E-state index in [1.165, 1.54) is 0 Å². The van der Waals surface area contributed by atoms with Crippen molar-refractivity contribution in [3.05, 3.63) is 59.2 Å². The van der Waals surface area contributed by atoms with Crippen LogP contribution in [0, 0.1) is 23.3 Å². The molecule has 0 unspecified atom stereocenters. The molecule has 0 fully saturated rings. The van der Waals surface area contributed by atoms with Gasteiger partial charge in [0.05, 0.1) is 12.8 Å². The van der Waals surface area contributed by atoms with E-state index in [2.05, 4.69) is 15.6 Å². The lowest BCUT2D eigenvalue weighted by Gasteiger charge is -2.13. The monoisotopic (exact) mass is 373 g/mol. The molecule has 2 aromatic carbocycles. The number of halogens is 4. The SMILES string of the molecule is COc1c(F)c(F)c(C(=O)NC(=S)NNc2ccccc2)c(F)c1F. The van der Waals surface area contributed by atoms with Crippen LogP contribution in [0.15, 0.2) is 30.3 Å². The van der Waals surface area contributed by atoms with E-state index in [1.54, 1.807) is 30.3 Å². The molecule has 0 bridgehead atoms.